The Labute approximate surface area is 114 Å². The van der Waals surface area contributed by atoms with Gasteiger partial charge in [0.1, 0.15) is 0 Å². The summed E-state index contributed by atoms with van der Waals surface area (Å²) in [6, 6.07) is 0.491. The van der Waals surface area contributed by atoms with E-state index in [4.69, 9.17) is 0 Å². The van der Waals surface area contributed by atoms with E-state index in [9.17, 15) is 9.59 Å². The zero-order valence-electron chi connectivity index (χ0n) is 11.7. The molecule has 3 unspecified atom stereocenters. The molecule has 1 saturated carbocycles. The Morgan fingerprint density at radius 2 is 1.79 bits per heavy atom. The molecule has 2 rings (SSSR count). The van der Waals surface area contributed by atoms with Crippen molar-refractivity contribution in [2.24, 2.45) is 5.92 Å². The number of hydrogen-bond donors (Lipinski definition) is 3. The fourth-order valence-electron chi connectivity index (χ4n) is 3.25. The summed E-state index contributed by atoms with van der Waals surface area (Å²) >= 11 is 0. The fraction of sp³-hybridized carbons (Fsp3) is 0.857. The van der Waals surface area contributed by atoms with Crippen molar-refractivity contribution in [1.29, 1.82) is 0 Å². The highest BCUT2D eigenvalue weighted by molar-refractivity contribution is 5.82. The normalized spacial score (nSPS) is 30.3. The molecule has 19 heavy (non-hydrogen) atoms. The molecule has 1 aliphatic carbocycles. The lowest BCUT2D eigenvalue weighted by molar-refractivity contribution is -0.125. The maximum atomic E-state index is 12.0. The Hall–Kier alpha value is -1.10. The van der Waals surface area contributed by atoms with Crippen molar-refractivity contribution in [2.45, 2.75) is 57.5 Å². The van der Waals surface area contributed by atoms with E-state index < -0.39 is 0 Å². The minimum Gasteiger partial charge on any atom is -0.355 e. The average Bonchev–Trinajstić information content (AvgIpc) is 2.42. The van der Waals surface area contributed by atoms with Crippen LogP contribution in [-0.2, 0) is 9.59 Å². The standard InChI is InChI=1S/C14H25N3O2/c1-10(18)15-8-9-16-14(19)13-7-6-11-4-2-3-5-12(11)17-13/h11-13,17H,2-9H2,1H3,(H,15,18)(H,16,19). The van der Waals surface area contributed by atoms with E-state index in [1.165, 1.54) is 39.0 Å². The van der Waals surface area contributed by atoms with Crippen LogP contribution in [0.1, 0.15) is 45.4 Å². The first-order chi connectivity index (χ1) is 9.16. The van der Waals surface area contributed by atoms with Gasteiger partial charge in [-0.3, -0.25) is 9.59 Å². The van der Waals surface area contributed by atoms with Crippen LogP contribution in [0, 0.1) is 5.92 Å². The topological polar surface area (TPSA) is 70.2 Å². The molecular weight excluding hydrogens is 242 g/mol. The highest BCUT2D eigenvalue weighted by Crippen LogP contribution is 2.32. The van der Waals surface area contributed by atoms with Crippen molar-refractivity contribution in [2.75, 3.05) is 13.1 Å². The van der Waals surface area contributed by atoms with Gasteiger partial charge in [-0.15, -0.1) is 0 Å². The Morgan fingerprint density at radius 3 is 2.58 bits per heavy atom. The summed E-state index contributed by atoms with van der Waals surface area (Å²) < 4.78 is 0. The van der Waals surface area contributed by atoms with Crippen LogP contribution in [0.3, 0.4) is 0 Å². The Kier molecular flexibility index (Phi) is 5.19. The van der Waals surface area contributed by atoms with Crippen LogP contribution in [0.25, 0.3) is 0 Å². The Balaban J connectivity index is 1.69. The van der Waals surface area contributed by atoms with Gasteiger partial charge in [0.05, 0.1) is 6.04 Å². The highest BCUT2D eigenvalue weighted by Gasteiger charge is 2.34. The molecule has 2 aliphatic rings. The number of carbonyl (C=O) groups excluding carboxylic acids is 2. The van der Waals surface area contributed by atoms with Crippen molar-refractivity contribution in [1.82, 2.24) is 16.0 Å². The first-order valence-electron chi connectivity index (χ1n) is 7.45. The lowest BCUT2D eigenvalue weighted by Gasteiger charge is -2.39. The number of nitrogens with one attached hydrogen (secondary N) is 3. The van der Waals surface area contributed by atoms with Gasteiger partial charge in [-0.2, -0.15) is 0 Å². The summed E-state index contributed by atoms with van der Waals surface area (Å²) in [5.41, 5.74) is 0. The van der Waals surface area contributed by atoms with Crippen LogP contribution in [-0.4, -0.2) is 37.0 Å². The molecule has 3 atom stereocenters. The van der Waals surface area contributed by atoms with Gasteiger partial charge in [-0.25, -0.2) is 0 Å². The molecule has 5 heteroatoms. The SMILES string of the molecule is CC(=O)NCCNC(=O)C1CCC2CCCCC2N1. The molecule has 108 valence electrons. The van der Waals surface area contributed by atoms with Gasteiger partial charge >= 0.3 is 0 Å². The number of piperidine rings is 1. The third-order valence-electron chi connectivity index (χ3n) is 4.27. The molecule has 0 spiro atoms. The highest BCUT2D eigenvalue weighted by atomic mass is 16.2. The zero-order valence-corrected chi connectivity index (χ0v) is 11.7. The molecule has 2 fully saturated rings. The van der Waals surface area contributed by atoms with Crippen LogP contribution in [0.2, 0.25) is 0 Å². The van der Waals surface area contributed by atoms with E-state index in [2.05, 4.69) is 16.0 Å². The molecule has 5 nitrogen and oxygen atoms in total. The molecule has 1 heterocycles. The first kappa shape index (κ1) is 14.3. The number of carbonyl (C=O) groups is 2. The molecule has 0 aromatic heterocycles. The van der Waals surface area contributed by atoms with Crippen molar-refractivity contribution < 1.29 is 9.59 Å². The first-order valence-corrected chi connectivity index (χ1v) is 7.45. The van der Waals surface area contributed by atoms with Gasteiger partial charge in [0, 0.05) is 26.1 Å². The van der Waals surface area contributed by atoms with Crippen LogP contribution >= 0.6 is 0 Å². The van der Waals surface area contributed by atoms with Gasteiger partial charge < -0.3 is 16.0 Å². The number of fused-ring (bicyclic) bond motifs is 1. The summed E-state index contributed by atoms with van der Waals surface area (Å²) in [7, 11) is 0. The van der Waals surface area contributed by atoms with Gasteiger partial charge in [0.15, 0.2) is 0 Å². The van der Waals surface area contributed by atoms with Gasteiger partial charge in [0.25, 0.3) is 0 Å². The predicted octanol–water partition coefficient (Wildman–Crippen LogP) is 0.549. The van der Waals surface area contributed by atoms with Gasteiger partial charge in [-0.05, 0) is 31.6 Å². The summed E-state index contributed by atoms with van der Waals surface area (Å²) in [5.74, 6) is 0.793. The van der Waals surface area contributed by atoms with Gasteiger partial charge in [-0.1, -0.05) is 12.8 Å². The van der Waals surface area contributed by atoms with Crippen molar-refractivity contribution in [3.63, 3.8) is 0 Å². The lowest BCUT2D eigenvalue weighted by Crippen LogP contribution is -2.55. The summed E-state index contributed by atoms with van der Waals surface area (Å²) in [5, 5.41) is 9.07. The Bertz CT molecular complexity index is 333. The third kappa shape index (κ3) is 4.20. The predicted molar refractivity (Wildman–Crippen MR) is 73.6 cm³/mol. The number of rotatable bonds is 4. The smallest absolute Gasteiger partial charge is 0.237 e. The van der Waals surface area contributed by atoms with E-state index in [0.717, 1.165) is 12.3 Å². The quantitative estimate of drug-likeness (QED) is 0.652. The van der Waals surface area contributed by atoms with Crippen LogP contribution in [0.5, 0.6) is 0 Å². The van der Waals surface area contributed by atoms with Crippen molar-refractivity contribution in [3.8, 4) is 0 Å². The van der Waals surface area contributed by atoms with Crippen LogP contribution < -0.4 is 16.0 Å². The zero-order chi connectivity index (χ0) is 13.7. The third-order valence-corrected chi connectivity index (χ3v) is 4.27. The van der Waals surface area contributed by atoms with E-state index in [-0.39, 0.29) is 17.9 Å². The minimum absolute atomic E-state index is 0.0447. The number of hydrogen-bond acceptors (Lipinski definition) is 3. The molecular formula is C14H25N3O2. The van der Waals surface area contributed by atoms with Crippen LogP contribution in [0.4, 0.5) is 0 Å². The molecule has 0 bridgehead atoms. The largest absolute Gasteiger partial charge is 0.355 e. The molecule has 2 amide bonds. The second-order valence-electron chi connectivity index (χ2n) is 5.72. The van der Waals surface area contributed by atoms with Crippen molar-refractivity contribution in [3.05, 3.63) is 0 Å². The monoisotopic (exact) mass is 267 g/mol. The van der Waals surface area contributed by atoms with E-state index in [0.29, 0.717) is 19.1 Å². The average molecular weight is 267 g/mol. The van der Waals surface area contributed by atoms with Gasteiger partial charge in [0.2, 0.25) is 11.8 Å². The maximum Gasteiger partial charge on any atom is 0.237 e. The Morgan fingerprint density at radius 1 is 1.05 bits per heavy atom. The molecule has 0 aromatic rings. The second kappa shape index (κ2) is 6.89. The van der Waals surface area contributed by atoms with Crippen LogP contribution in [0.15, 0.2) is 0 Å². The van der Waals surface area contributed by atoms with E-state index in [1.54, 1.807) is 0 Å². The summed E-state index contributed by atoms with van der Waals surface area (Å²) in [6.45, 7) is 2.48. The molecule has 0 radical (unpaired) electrons. The molecule has 3 N–H and O–H groups in total. The van der Waals surface area contributed by atoms with E-state index in [1.807, 2.05) is 0 Å². The molecule has 1 saturated heterocycles. The minimum atomic E-state index is -0.0601. The van der Waals surface area contributed by atoms with E-state index >= 15 is 0 Å². The number of amides is 2. The fourth-order valence-corrected chi connectivity index (χ4v) is 3.25. The summed E-state index contributed by atoms with van der Waals surface area (Å²) in [6.07, 6.45) is 7.25. The maximum absolute atomic E-state index is 12.0. The molecule has 0 aromatic carbocycles. The lowest BCUT2D eigenvalue weighted by atomic mass is 9.77. The van der Waals surface area contributed by atoms with Crippen molar-refractivity contribution >= 4 is 11.8 Å². The molecule has 1 aliphatic heterocycles. The summed E-state index contributed by atoms with van der Waals surface area (Å²) in [4.78, 5) is 22.7. The second-order valence-corrected chi connectivity index (χ2v) is 5.72.